The number of amides is 1. The van der Waals surface area contributed by atoms with Crippen LogP contribution >= 0.6 is 0 Å². The quantitative estimate of drug-likeness (QED) is 0.462. The molecule has 0 aliphatic carbocycles. The first kappa shape index (κ1) is 13.4. The van der Waals surface area contributed by atoms with Gasteiger partial charge in [-0.1, -0.05) is 13.8 Å². The predicted molar refractivity (Wildman–Crippen MR) is 66.5 cm³/mol. The Morgan fingerprint density at radius 3 is 2.65 bits per heavy atom. The van der Waals surface area contributed by atoms with Crippen LogP contribution in [0.15, 0.2) is 16.9 Å². The van der Waals surface area contributed by atoms with Crippen molar-refractivity contribution in [3.05, 3.63) is 33.7 Å². The number of carbonyl (C=O) groups is 1. The summed E-state index contributed by atoms with van der Waals surface area (Å²) in [4.78, 5) is 23.4. The van der Waals surface area contributed by atoms with Crippen molar-refractivity contribution < 1.29 is 4.79 Å². The molecule has 5 heteroatoms. The van der Waals surface area contributed by atoms with Crippen molar-refractivity contribution in [1.29, 1.82) is 0 Å². The van der Waals surface area contributed by atoms with Gasteiger partial charge in [-0.3, -0.25) is 15.0 Å². The average Bonchev–Trinajstić information content (AvgIpc) is 2.27. The van der Waals surface area contributed by atoms with Crippen molar-refractivity contribution in [2.24, 2.45) is 11.8 Å². The summed E-state index contributed by atoms with van der Waals surface area (Å²) in [5.74, 6) is 5.00. The summed E-state index contributed by atoms with van der Waals surface area (Å²) >= 11 is 0. The van der Waals surface area contributed by atoms with Gasteiger partial charge in [-0.05, 0) is 31.4 Å². The van der Waals surface area contributed by atoms with E-state index in [1.165, 1.54) is 6.07 Å². The van der Waals surface area contributed by atoms with E-state index in [9.17, 15) is 9.59 Å². The van der Waals surface area contributed by atoms with Gasteiger partial charge >= 0.3 is 0 Å². The first-order valence-electron chi connectivity index (χ1n) is 5.68. The molecule has 0 aliphatic heterocycles. The number of hydrazine groups is 1. The Hall–Kier alpha value is -1.62. The molecule has 3 N–H and O–H groups in total. The van der Waals surface area contributed by atoms with Gasteiger partial charge in [0.2, 0.25) is 0 Å². The van der Waals surface area contributed by atoms with Crippen molar-refractivity contribution in [2.75, 3.05) is 0 Å². The zero-order valence-electron chi connectivity index (χ0n) is 10.5. The Morgan fingerprint density at radius 1 is 1.47 bits per heavy atom. The highest BCUT2D eigenvalue weighted by atomic mass is 16.2. The zero-order valence-corrected chi connectivity index (χ0v) is 10.5. The van der Waals surface area contributed by atoms with Crippen molar-refractivity contribution in [1.82, 2.24) is 9.99 Å². The van der Waals surface area contributed by atoms with Gasteiger partial charge in [0.25, 0.3) is 11.5 Å². The van der Waals surface area contributed by atoms with Crippen LogP contribution in [0, 0.1) is 12.8 Å². The van der Waals surface area contributed by atoms with Gasteiger partial charge in [0.1, 0.15) is 5.56 Å². The number of aromatic nitrogens is 1. The van der Waals surface area contributed by atoms with E-state index < -0.39 is 5.91 Å². The number of rotatable bonds is 4. The third-order valence-electron chi connectivity index (χ3n) is 2.70. The van der Waals surface area contributed by atoms with Crippen LogP contribution in [-0.2, 0) is 6.54 Å². The molecule has 0 spiro atoms. The van der Waals surface area contributed by atoms with Gasteiger partial charge in [-0.2, -0.15) is 0 Å². The van der Waals surface area contributed by atoms with Crippen molar-refractivity contribution in [2.45, 2.75) is 33.7 Å². The molecular weight excluding hydrogens is 218 g/mol. The third-order valence-corrected chi connectivity index (χ3v) is 2.70. The molecular formula is C12H19N3O2. The SMILES string of the molecule is Cc1ccc(C(=O)NN)c(=O)n1CCC(C)C. The van der Waals surface area contributed by atoms with Crippen LogP contribution in [0.3, 0.4) is 0 Å². The number of hydrogen-bond acceptors (Lipinski definition) is 3. The van der Waals surface area contributed by atoms with Crippen LogP contribution in [0.1, 0.15) is 36.3 Å². The van der Waals surface area contributed by atoms with E-state index in [0.717, 1.165) is 12.1 Å². The standard InChI is InChI=1S/C12H19N3O2/c1-8(2)6-7-15-9(3)4-5-10(12(15)17)11(16)14-13/h4-5,8H,6-7,13H2,1-3H3,(H,14,16). The van der Waals surface area contributed by atoms with E-state index >= 15 is 0 Å². The number of aryl methyl sites for hydroxylation is 1. The van der Waals surface area contributed by atoms with Gasteiger partial charge in [0.15, 0.2) is 0 Å². The Bertz CT molecular complexity index is 463. The second-order valence-corrected chi connectivity index (χ2v) is 4.50. The smallest absolute Gasteiger partial charge is 0.270 e. The van der Waals surface area contributed by atoms with Crippen LogP contribution in [0.4, 0.5) is 0 Å². The van der Waals surface area contributed by atoms with Crippen LogP contribution in [0.5, 0.6) is 0 Å². The molecule has 1 heterocycles. The number of nitrogens with two attached hydrogens (primary N) is 1. The van der Waals surface area contributed by atoms with Crippen LogP contribution in [0.25, 0.3) is 0 Å². The molecule has 1 rings (SSSR count). The maximum atomic E-state index is 12.0. The molecule has 0 atom stereocenters. The zero-order chi connectivity index (χ0) is 13.0. The number of pyridine rings is 1. The minimum absolute atomic E-state index is 0.0851. The molecule has 0 radical (unpaired) electrons. The molecule has 1 aromatic rings. The number of nitrogens with zero attached hydrogens (tertiary/aromatic N) is 1. The molecule has 0 fully saturated rings. The molecule has 0 saturated heterocycles. The fourth-order valence-electron chi connectivity index (χ4n) is 1.59. The van der Waals surface area contributed by atoms with E-state index in [1.807, 2.05) is 12.3 Å². The maximum Gasteiger partial charge on any atom is 0.270 e. The van der Waals surface area contributed by atoms with E-state index in [0.29, 0.717) is 12.5 Å². The summed E-state index contributed by atoms with van der Waals surface area (Å²) in [5, 5.41) is 0. The molecule has 1 aromatic heterocycles. The normalized spacial score (nSPS) is 10.6. The van der Waals surface area contributed by atoms with Gasteiger partial charge in [0.05, 0.1) is 0 Å². The largest absolute Gasteiger partial charge is 0.312 e. The molecule has 0 aliphatic rings. The highest BCUT2D eigenvalue weighted by Gasteiger charge is 2.12. The van der Waals surface area contributed by atoms with Gasteiger partial charge in [-0.15, -0.1) is 0 Å². The highest BCUT2D eigenvalue weighted by molar-refractivity contribution is 5.93. The third kappa shape index (κ3) is 3.17. The second kappa shape index (κ2) is 5.63. The molecule has 5 nitrogen and oxygen atoms in total. The van der Waals surface area contributed by atoms with Crippen molar-refractivity contribution in [3.63, 3.8) is 0 Å². The van der Waals surface area contributed by atoms with Crippen molar-refractivity contribution in [3.8, 4) is 0 Å². The summed E-state index contributed by atoms with van der Waals surface area (Å²) in [7, 11) is 0. The molecule has 0 aromatic carbocycles. The molecule has 0 saturated carbocycles. The van der Waals surface area contributed by atoms with Crippen LogP contribution < -0.4 is 16.8 Å². The molecule has 17 heavy (non-hydrogen) atoms. The Morgan fingerprint density at radius 2 is 2.12 bits per heavy atom. The summed E-state index contributed by atoms with van der Waals surface area (Å²) in [6.07, 6.45) is 0.897. The van der Waals surface area contributed by atoms with Gasteiger partial charge in [-0.25, -0.2) is 5.84 Å². The lowest BCUT2D eigenvalue weighted by Crippen LogP contribution is -2.37. The first-order valence-corrected chi connectivity index (χ1v) is 5.68. The average molecular weight is 237 g/mol. The first-order chi connectivity index (χ1) is 7.97. The summed E-state index contributed by atoms with van der Waals surface area (Å²) in [5.41, 5.74) is 2.63. The van der Waals surface area contributed by atoms with Crippen molar-refractivity contribution >= 4 is 5.91 Å². The minimum atomic E-state index is -0.548. The Balaban J connectivity index is 3.11. The van der Waals surface area contributed by atoms with E-state index in [1.54, 1.807) is 10.6 Å². The summed E-state index contributed by atoms with van der Waals surface area (Å²) in [6, 6.07) is 3.26. The summed E-state index contributed by atoms with van der Waals surface area (Å²) < 4.78 is 1.62. The monoisotopic (exact) mass is 237 g/mol. The minimum Gasteiger partial charge on any atom is -0.312 e. The van der Waals surface area contributed by atoms with E-state index in [4.69, 9.17) is 5.84 Å². The number of hydrogen-bond donors (Lipinski definition) is 2. The topological polar surface area (TPSA) is 77.1 Å². The number of carbonyl (C=O) groups excluding carboxylic acids is 1. The van der Waals surface area contributed by atoms with Crippen LogP contribution in [-0.4, -0.2) is 10.5 Å². The highest BCUT2D eigenvalue weighted by Crippen LogP contribution is 2.04. The molecule has 0 unspecified atom stereocenters. The second-order valence-electron chi connectivity index (χ2n) is 4.50. The molecule has 94 valence electrons. The lowest BCUT2D eigenvalue weighted by molar-refractivity contribution is 0.0951. The Labute approximate surface area is 101 Å². The fourth-order valence-corrected chi connectivity index (χ4v) is 1.59. The molecule has 1 amide bonds. The lowest BCUT2D eigenvalue weighted by Gasteiger charge is -2.12. The number of nitrogen functional groups attached to an aromatic ring is 1. The van der Waals surface area contributed by atoms with Gasteiger partial charge in [0, 0.05) is 12.2 Å². The lowest BCUT2D eigenvalue weighted by atomic mass is 10.1. The van der Waals surface area contributed by atoms with E-state index in [2.05, 4.69) is 13.8 Å². The van der Waals surface area contributed by atoms with Crippen LogP contribution in [0.2, 0.25) is 0 Å². The van der Waals surface area contributed by atoms with E-state index in [-0.39, 0.29) is 11.1 Å². The number of nitrogens with one attached hydrogen (secondary N) is 1. The fraction of sp³-hybridized carbons (Fsp3) is 0.500. The molecule has 0 bridgehead atoms. The predicted octanol–water partition coefficient (Wildman–Crippen LogP) is 0.806. The maximum absolute atomic E-state index is 12.0. The Kier molecular flexibility index (Phi) is 4.45. The van der Waals surface area contributed by atoms with Gasteiger partial charge < -0.3 is 4.57 Å². The summed E-state index contributed by atoms with van der Waals surface area (Å²) in [6.45, 7) is 6.66.